The molecule has 7 heteroatoms. The first kappa shape index (κ1) is 17.6. The van der Waals surface area contributed by atoms with Gasteiger partial charge in [-0.05, 0) is 30.2 Å². The first-order valence-electron chi connectivity index (χ1n) is 8.16. The summed E-state index contributed by atoms with van der Waals surface area (Å²) in [6.07, 6.45) is 0.138. The molecule has 134 valence electrons. The average molecular weight is 355 g/mol. The lowest BCUT2D eigenvalue weighted by molar-refractivity contribution is -0.132. The van der Waals surface area contributed by atoms with E-state index in [9.17, 15) is 18.8 Å². The van der Waals surface area contributed by atoms with Crippen molar-refractivity contribution >= 4 is 23.5 Å². The van der Waals surface area contributed by atoms with Gasteiger partial charge in [-0.1, -0.05) is 36.4 Å². The first-order valence-corrected chi connectivity index (χ1v) is 8.16. The van der Waals surface area contributed by atoms with E-state index >= 15 is 0 Å². The van der Waals surface area contributed by atoms with Gasteiger partial charge in [0.1, 0.15) is 11.9 Å². The molecule has 1 saturated heterocycles. The first-order chi connectivity index (χ1) is 12.5. The molecule has 2 aromatic rings. The lowest BCUT2D eigenvalue weighted by atomic mass is 10.0. The number of aryl methyl sites for hydroxylation is 1. The van der Waals surface area contributed by atoms with E-state index < -0.39 is 29.7 Å². The van der Waals surface area contributed by atoms with Crippen LogP contribution in [0.25, 0.3) is 0 Å². The van der Waals surface area contributed by atoms with Crippen LogP contribution in [0, 0.1) is 12.7 Å². The van der Waals surface area contributed by atoms with Crippen molar-refractivity contribution in [3.8, 4) is 0 Å². The summed E-state index contributed by atoms with van der Waals surface area (Å²) in [4.78, 5) is 37.8. The molecule has 0 bridgehead atoms. The third-order valence-corrected chi connectivity index (χ3v) is 4.15. The minimum absolute atomic E-state index is 0.00529. The molecule has 1 aliphatic heterocycles. The second-order valence-corrected chi connectivity index (χ2v) is 6.10. The van der Waals surface area contributed by atoms with E-state index in [0.717, 1.165) is 16.0 Å². The zero-order valence-electron chi connectivity index (χ0n) is 14.2. The van der Waals surface area contributed by atoms with Crippen LogP contribution in [-0.4, -0.2) is 35.3 Å². The Kier molecular flexibility index (Phi) is 4.97. The molecule has 1 atom stereocenters. The number of amides is 4. The molecule has 26 heavy (non-hydrogen) atoms. The number of nitrogens with one attached hydrogen (secondary N) is 2. The van der Waals surface area contributed by atoms with Crippen LogP contribution in [-0.2, 0) is 16.0 Å². The van der Waals surface area contributed by atoms with Crippen molar-refractivity contribution in [3.05, 3.63) is 65.5 Å². The Labute approximate surface area is 150 Å². The van der Waals surface area contributed by atoms with E-state index in [-0.39, 0.29) is 18.7 Å². The topological polar surface area (TPSA) is 78.5 Å². The Morgan fingerprint density at radius 2 is 1.96 bits per heavy atom. The third kappa shape index (κ3) is 3.72. The molecule has 1 aliphatic rings. The maximum Gasteiger partial charge on any atom is 0.325 e. The number of halogens is 1. The largest absolute Gasteiger partial charge is 0.329 e. The van der Waals surface area contributed by atoms with E-state index in [4.69, 9.17) is 0 Å². The highest BCUT2D eigenvalue weighted by molar-refractivity contribution is 6.07. The van der Waals surface area contributed by atoms with Crippen molar-refractivity contribution in [3.63, 3.8) is 0 Å². The normalized spacial score (nSPS) is 14.9. The van der Waals surface area contributed by atoms with Crippen molar-refractivity contribution in [1.29, 1.82) is 0 Å². The van der Waals surface area contributed by atoms with Gasteiger partial charge in [0.2, 0.25) is 5.91 Å². The maximum atomic E-state index is 14.1. The summed E-state index contributed by atoms with van der Waals surface area (Å²) in [7, 11) is 0. The number of urea groups is 1. The van der Waals surface area contributed by atoms with Crippen LogP contribution >= 0.6 is 0 Å². The van der Waals surface area contributed by atoms with Crippen molar-refractivity contribution in [2.24, 2.45) is 0 Å². The maximum absolute atomic E-state index is 14.1. The van der Waals surface area contributed by atoms with Gasteiger partial charge in [0.15, 0.2) is 0 Å². The third-order valence-electron chi connectivity index (χ3n) is 4.15. The molecular weight excluding hydrogens is 337 g/mol. The fraction of sp³-hybridized carbons (Fsp3) is 0.211. The van der Waals surface area contributed by atoms with Crippen molar-refractivity contribution in [2.45, 2.75) is 19.4 Å². The summed E-state index contributed by atoms with van der Waals surface area (Å²) in [5.74, 6) is -1.69. The summed E-state index contributed by atoms with van der Waals surface area (Å²) < 4.78 is 14.1. The zero-order chi connectivity index (χ0) is 18.7. The summed E-state index contributed by atoms with van der Waals surface area (Å²) >= 11 is 0. The minimum atomic E-state index is -1.08. The van der Waals surface area contributed by atoms with Crippen LogP contribution in [0.5, 0.6) is 0 Å². The van der Waals surface area contributed by atoms with Gasteiger partial charge in [-0.25, -0.2) is 14.1 Å². The fourth-order valence-electron chi connectivity index (χ4n) is 2.83. The van der Waals surface area contributed by atoms with Gasteiger partial charge < -0.3 is 10.6 Å². The molecule has 1 fully saturated rings. The molecule has 6 nitrogen and oxygen atoms in total. The van der Waals surface area contributed by atoms with E-state index in [1.54, 1.807) is 37.3 Å². The van der Waals surface area contributed by atoms with Crippen LogP contribution < -0.4 is 10.6 Å². The Balaban J connectivity index is 1.87. The number of carbonyl (C=O) groups is 3. The standard InChI is InChI=1S/C19H18FN3O3/c1-12-7-8-15(14(20)9-12)22-18(25)16(10-13-5-3-2-4-6-13)23-17(24)11-21-19(23)26/h2-9,16H,10-11H2,1H3,(H,21,26)(H,22,25)/t16-/m0/s1. The molecule has 0 saturated carbocycles. The Morgan fingerprint density at radius 3 is 2.58 bits per heavy atom. The molecular formula is C19H18FN3O3. The molecule has 3 rings (SSSR count). The summed E-state index contributed by atoms with van der Waals surface area (Å²) in [5, 5.41) is 4.89. The van der Waals surface area contributed by atoms with E-state index in [1.807, 2.05) is 6.07 Å². The zero-order valence-corrected chi connectivity index (χ0v) is 14.2. The predicted molar refractivity (Wildman–Crippen MR) is 93.9 cm³/mol. The average Bonchev–Trinajstić information content (AvgIpc) is 2.95. The van der Waals surface area contributed by atoms with Gasteiger partial charge in [0.25, 0.3) is 5.91 Å². The quantitative estimate of drug-likeness (QED) is 0.808. The molecule has 2 N–H and O–H groups in total. The lowest BCUT2D eigenvalue weighted by Gasteiger charge is -2.24. The van der Waals surface area contributed by atoms with Gasteiger partial charge in [0.05, 0.1) is 12.2 Å². The highest BCUT2D eigenvalue weighted by Crippen LogP contribution is 2.19. The van der Waals surface area contributed by atoms with Gasteiger partial charge in [-0.2, -0.15) is 0 Å². The number of benzene rings is 2. The summed E-state index contributed by atoms with van der Waals surface area (Å²) in [6, 6.07) is 11.7. The van der Waals surface area contributed by atoms with Gasteiger partial charge in [-0.15, -0.1) is 0 Å². The molecule has 2 aromatic carbocycles. The van der Waals surface area contributed by atoms with Gasteiger partial charge in [-0.3, -0.25) is 9.59 Å². The second-order valence-electron chi connectivity index (χ2n) is 6.10. The highest BCUT2D eigenvalue weighted by Gasteiger charge is 2.39. The van der Waals surface area contributed by atoms with Crippen molar-refractivity contribution < 1.29 is 18.8 Å². The van der Waals surface area contributed by atoms with Gasteiger partial charge >= 0.3 is 6.03 Å². The molecule has 0 spiro atoms. The lowest BCUT2D eigenvalue weighted by Crippen LogP contribution is -2.49. The van der Waals surface area contributed by atoms with Crippen LogP contribution in [0.15, 0.2) is 48.5 Å². The molecule has 0 aromatic heterocycles. The molecule has 0 unspecified atom stereocenters. The molecule has 4 amide bonds. The Bertz CT molecular complexity index is 838. The Hall–Kier alpha value is -3.22. The van der Waals surface area contributed by atoms with Crippen LogP contribution in [0.1, 0.15) is 11.1 Å². The smallest absolute Gasteiger partial charge is 0.325 e. The fourth-order valence-corrected chi connectivity index (χ4v) is 2.83. The number of nitrogens with zero attached hydrogens (tertiary/aromatic N) is 1. The number of imide groups is 1. The molecule has 0 aliphatic carbocycles. The molecule has 1 heterocycles. The van der Waals surface area contributed by atoms with E-state index in [1.165, 1.54) is 12.1 Å². The second kappa shape index (κ2) is 7.35. The summed E-state index contributed by atoms with van der Waals surface area (Å²) in [5.41, 5.74) is 1.51. The van der Waals surface area contributed by atoms with E-state index in [0.29, 0.717) is 0 Å². The predicted octanol–water partition coefficient (Wildman–Crippen LogP) is 2.24. The van der Waals surface area contributed by atoms with Crippen molar-refractivity contribution in [2.75, 3.05) is 11.9 Å². The van der Waals surface area contributed by atoms with Crippen molar-refractivity contribution in [1.82, 2.24) is 10.2 Å². The van der Waals surface area contributed by atoms with Crippen LogP contribution in [0.3, 0.4) is 0 Å². The van der Waals surface area contributed by atoms with Gasteiger partial charge in [0, 0.05) is 6.42 Å². The number of hydrogen-bond donors (Lipinski definition) is 2. The summed E-state index contributed by atoms with van der Waals surface area (Å²) in [6.45, 7) is 1.58. The monoisotopic (exact) mass is 355 g/mol. The Morgan fingerprint density at radius 1 is 1.23 bits per heavy atom. The number of anilines is 1. The van der Waals surface area contributed by atoms with Crippen LogP contribution in [0.4, 0.5) is 14.9 Å². The highest BCUT2D eigenvalue weighted by atomic mass is 19.1. The SMILES string of the molecule is Cc1ccc(NC(=O)[C@H](Cc2ccccc2)N2C(=O)CNC2=O)c(F)c1. The number of carbonyl (C=O) groups excluding carboxylic acids is 3. The van der Waals surface area contributed by atoms with E-state index in [2.05, 4.69) is 10.6 Å². The number of hydrogen-bond acceptors (Lipinski definition) is 3. The van der Waals surface area contributed by atoms with Crippen LogP contribution in [0.2, 0.25) is 0 Å². The minimum Gasteiger partial charge on any atom is -0.329 e. The molecule has 0 radical (unpaired) electrons. The number of rotatable bonds is 5.